The van der Waals surface area contributed by atoms with Crippen LogP contribution in [0.25, 0.3) is 0 Å². The first kappa shape index (κ1) is 22.5. The van der Waals surface area contributed by atoms with E-state index in [-0.39, 0.29) is 45.9 Å². The van der Waals surface area contributed by atoms with Crippen LogP contribution < -0.4 is 15.8 Å². The third-order valence-electron chi connectivity index (χ3n) is 7.94. The minimum absolute atomic E-state index is 0.00107. The van der Waals surface area contributed by atoms with E-state index in [9.17, 15) is 19.7 Å². The van der Waals surface area contributed by atoms with Crippen LogP contribution in [0.1, 0.15) is 29.3 Å². The zero-order valence-electron chi connectivity index (χ0n) is 19.7. The normalized spacial score (nSPS) is 23.7. The Balaban J connectivity index is 1.33. The van der Waals surface area contributed by atoms with Crippen LogP contribution in [0, 0.1) is 22.0 Å². The summed E-state index contributed by atoms with van der Waals surface area (Å²) < 4.78 is 1.87. The molecule has 2 aromatic heterocycles. The number of carbonyl (C=O) groups is 1. The van der Waals surface area contributed by atoms with Crippen LogP contribution in [-0.4, -0.2) is 39.5 Å². The number of nitrogens with one attached hydrogen (secondary N) is 1. The number of hydrogen-bond donors (Lipinski definition) is 1. The topological polar surface area (TPSA) is 110 Å². The van der Waals surface area contributed by atoms with Gasteiger partial charge in [-0.3, -0.25) is 24.7 Å². The molecule has 6 rings (SSSR count). The molecule has 0 unspecified atom stereocenters. The van der Waals surface area contributed by atoms with Gasteiger partial charge in [-0.25, -0.2) is 0 Å². The minimum Gasteiger partial charge on any atom is -0.366 e. The predicted molar refractivity (Wildman–Crippen MR) is 134 cm³/mol. The lowest BCUT2D eigenvalue weighted by Gasteiger charge is -2.54. The summed E-state index contributed by atoms with van der Waals surface area (Å²) >= 11 is 0. The summed E-state index contributed by atoms with van der Waals surface area (Å²) in [6, 6.07) is 16.1. The second-order valence-corrected chi connectivity index (χ2v) is 9.98. The molecule has 3 aromatic rings. The number of anilines is 1. The van der Waals surface area contributed by atoms with Crippen molar-refractivity contribution in [3.63, 3.8) is 0 Å². The Morgan fingerprint density at radius 3 is 2.83 bits per heavy atom. The van der Waals surface area contributed by atoms with Gasteiger partial charge < -0.3 is 14.8 Å². The van der Waals surface area contributed by atoms with E-state index in [1.807, 2.05) is 41.0 Å². The molecule has 0 saturated carbocycles. The molecule has 4 atom stereocenters. The van der Waals surface area contributed by atoms with E-state index < -0.39 is 0 Å². The molecule has 1 amide bonds. The monoisotopic (exact) mass is 485 g/mol. The van der Waals surface area contributed by atoms with Gasteiger partial charge in [-0.2, -0.15) is 0 Å². The summed E-state index contributed by atoms with van der Waals surface area (Å²) in [6.07, 6.45) is 3.72. The number of rotatable bonds is 5. The highest BCUT2D eigenvalue weighted by Crippen LogP contribution is 2.47. The Labute approximate surface area is 207 Å². The molecule has 5 heterocycles. The molecular formula is C27H27N5O4. The summed E-state index contributed by atoms with van der Waals surface area (Å²) in [4.78, 5) is 43.9. The third kappa shape index (κ3) is 3.84. The Bertz CT molecular complexity index is 1390. The average Bonchev–Trinajstić information content (AvgIpc) is 2.89. The second kappa shape index (κ2) is 8.89. The number of hydrogen-bond acceptors (Lipinski definition) is 6. The number of nitro groups is 1. The van der Waals surface area contributed by atoms with Gasteiger partial charge in [0.1, 0.15) is 0 Å². The summed E-state index contributed by atoms with van der Waals surface area (Å²) in [5, 5.41) is 14.6. The van der Waals surface area contributed by atoms with Crippen LogP contribution in [0.2, 0.25) is 0 Å². The number of nitrogens with zero attached hydrogens (tertiary/aromatic N) is 4. The molecule has 1 saturated heterocycles. The van der Waals surface area contributed by atoms with E-state index in [0.29, 0.717) is 32.5 Å². The highest BCUT2D eigenvalue weighted by molar-refractivity contribution is 5.82. The molecule has 0 spiro atoms. The van der Waals surface area contributed by atoms with Crippen LogP contribution in [0.4, 0.5) is 11.4 Å². The highest BCUT2D eigenvalue weighted by Gasteiger charge is 2.49. The first-order valence-electron chi connectivity index (χ1n) is 12.4. The van der Waals surface area contributed by atoms with Crippen LogP contribution in [0.15, 0.2) is 65.6 Å². The van der Waals surface area contributed by atoms with Gasteiger partial charge in [0.05, 0.1) is 10.8 Å². The van der Waals surface area contributed by atoms with Crippen molar-refractivity contribution in [2.75, 3.05) is 18.0 Å². The van der Waals surface area contributed by atoms with Gasteiger partial charge in [0, 0.05) is 79.5 Å². The first-order chi connectivity index (χ1) is 17.5. The maximum Gasteiger partial charge on any atom is 0.269 e. The molecule has 0 radical (unpaired) electrons. The lowest BCUT2D eigenvalue weighted by atomic mass is 9.70. The van der Waals surface area contributed by atoms with Crippen molar-refractivity contribution < 1.29 is 9.72 Å². The van der Waals surface area contributed by atoms with Crippen LogP contribution in [-0.2, 0) is 24.2 Å². The van der Waals surface area contributed by atoms with Crippen molar-refractivity contribution in [1.29, 1.82) is 0 Å². The fourth-order valence-corrected chi connectivity index (χ4v) is 6.44. The fourth-order valence-electron chi connectivity index (χ4n) is 6.44. The molecule has 9 heteroatoms. The maximum atomic E-state index is 13.6. The Kier molecular flexibility index (Phi) is 5.55. The lowest BCUT2D eigenvalue weighted by molar-refractivity contribution is -0.384. The number of benzene rings is 1. The molecule has 1 aromatic carbocycles. The van der Waals surface area contributed by atoms with Crippen molar-refractivity contribution in [3.05, 3.63) is 98.2 Å². The smallest absolute Gasteiger partial charge is 0.269 e. The lowest BCUT2D eigenvalue weighted by Crippen LogP contribution is -2.61. The number of fused-ring (bicyclic) bond motifs is 8. The number of non-ortho nitro benzene ring substituents is 1. The summed E-state index contributed by atoms with van der Waals surface area (Å²) in [5.41, 5.74) is 3.77. The molecule has 1 fully saturated rings. The van der Waals surface area contributed by atoms with E-state index >= 15 is 0 Å². The van der Waals surface area contributed by atoms with Crippen LogP contribution >= 0.6 is 0 Å². The van der Waals surface area contributed by atoms with Gasteiger partial charge in [0.25, 0.3) is 11.2 Å². The zero-order chi connectivity index (χ0) is 24.8. The van der Waals surface area contributed by atoms with Crippen LogP contribution in [0.3, 0.4) is 0 Å². The van der Waals surface area contributed by atoms with Gasteiger partial charge in [-0.15, -0.1) is 0 Å². The molecule has 36 heavy (non-hydrogen) atoms. The molecule has 1 N–H and O–H groups in total. The van der Waals surface area contributed by atoms with Crippen molar-refractivity contribution in [2.45, 2.75) is 37.8 Å². The Morgan fingerprint density at radius 2 is 2.03 bits per heavy atom. The summed E-state index contributed by atoms with van der Waals surface area (Å²) in [5.74, 6) is -0.118. The van der Waals surface area contributed by atoms with E-state index in [4.69, 9.17) is 0 Å². The number of carbonyl (C=O) groups excluding carboxylic acids is 1. The first-order valence-corrected chi connectivity index (χ1v) is 12.4. The van der Waals surface area contributed by atoms with Gasteiger partial charge in [0.15, 0.2) is 0 Å². The van der Waals surface area contributed by atoms with Gasteiger partial charge in [-0.05, 0) is 48.6 Å². The second-order valence-electron chi connectivity index (χ2n) is 9.98. The van der Waals surface area contributed by atoms with Crippen LogP contribution in [0.5, 0.6) is 0 Å². The minimum atomic E-state index is -0.387. The molecule has 2 bridgehead atoms. The van der Waals surface area contributed by atoms with E-state index in [1.54, 1.807) is 24.4 Å². The number of aromatic nitrogens is 2. The molecule has 3 aliphatic rings. The number of nitro benzene ring substituents is 1. The quantitative estimate of drug-likeness (QED) is 0.440. The average molecular weight is 486 g/mol. The van der Waals surface area contributed by atoms with Crippen molar-refractivity contribution in [3.8, 4) is 0 Å². The highest BCUT2D eigenvalue weighted by atomic mass is 16.6. The molecular weight excluding hydrogens is 458 g/mol. The van der Waals surface area contributed by atoms with Crippen molar-refractivity contribution in [2.24, 2.45) is 11.8 Å². The predicted octanol–water partition coefficient (Wildman–Crippen LogP) is 2.68. The summed E-state index contributed by atoms with van der Waals surface area (Å²) in [6.45, 7) is 1.72. The molecule has 0 aliphatic carbocycles. The van der Waals surface area contributed by atoms with E-state index in [0.717, 1.165) is 29.1 Å². The van der Waals surface area contributed by atoms with Crippen molar-refractivity contribution >= 4 is 17.3 Å². The number of amides is 1. The van der Waals surface area contributed by atoms with E-state index in [1.165, 1.54) is 0 Å². The largest absolute Gasteiger partial charge is 0.366 e. The SMILES string of the molecule is O=C(NCCc1ccccn1)[C@@H]1Cc2cc([N+](=O)[O-])ccc2N2C[C@@H]3C[C@@H](Cn4c3cccc4=O)[C@@H]12. The standard InChI is InChI=1S/C27H27N5O4/c33-25-6-3-5-23-18-12-19(16-30(23)25)26-22(27(34)29-11-9-20-4-1-2-10-28-20)14-17-13-21(32(35)36)7-8-24(17)31(26)15-18/h1-8,10,13,18-19,22,26H,9,11-12,14-16H2,(H,29,34)/t18-,19-,22+,26-/m0/s1. The van der Waals surface area contributed by atoms with Gasteiger partial charge in [-0.1, -0.05) is 12.1 Å². The fraction of sp³-hybridized carbons (Fsp3) is 0.370. The maximum absolute atomic E-state index is 13.6. The van der Waals surface area contributed by atoms with Gasteiger partial charge >= 0.3 is 0 Å². The third-order valence-corrected chi connectivity index (χ3v) is 7.94. The molecule has 184 valence electrons. The van der Waals surface area contributed by atoms with Gasteiger partial charge in [0.2, 0.25) is 5.91 Å². The van der Waals surface area contributed by atoms with E-state index in [2.05, 4.69) is 15.2 Å². The molecule has 9 nitrogen and oxygen atoms in total. The Hall–Kier alpha value is -4.01. The Morgan fingerprint density at radius 1 is 1.14 bits per heavy atom. The molecule has 3 aliphatic heterocycles. The number of pyridine rings is 2. The summed E-state index contributed by atoms with van der Waals surface area (Å²) in [7, 11) is 0. The zero-order valence-corrected chi connectivity index (χ0v) is 19.7. The van der Waals surface area contributed by atoms with Crippen molar-refractivity contribution in [1.82, 2.24) is 14.9 Å². The number of piperidine rings is 1.